The Morgan fingerprint density at radius 1 is 0.781 bits per heavy atom. The van der Waals surface area contributed by atoms with Gasteiger partial charge in [-0.25, -0.2) is 0 Å². The van der Waals surface area contributed by atoms with Gasteiger partial charge in [-0.2, -0.15) is 0 Å². The number of anilines is 1. The molecule has 1 heterocycles. The van der Waals surface area contributed by atoms with Crippen LogP contribution < -0.4 is 4.90 Å². The van der Waals surface area contributed by atoms with E-state index in [0.29, 0.717) is 6.42 Å². The van der Waals surface area contributed by atoms with Crippen molar-refractivity contribution in [2.24, 2.45) is 0 Å². The third kappa shape index (κ3) is 3.31. The molecule has 4 aromatic carbocycles. The van der Waals surface area contributed by atoms with Gasteiger partial charge in [-0.1, -0.05) is 97.9 Å². The van der Waals surface area contributed by atoms with E-state index in [1.54, 1.807) is 0 Å². The fourth-order valence-electron chi connectivity index (χ4n) is 5.72. The van der Waals surface area contributed by atoms with Crippen LogP contribution in [0, 0.1) is 0 Å². The maximum atomic E-state index is 13.9. The predicted octanol–water partition coefficient (Wildman–Crippen LogP) is 6.90. The van der Waals surface area contributed by atoms with Gasteiger partial charge >= 0.3 is 0 Å². The molecule has 1 aliphatic rings. The maximum Gasteiger partial charge on any atom is 0.231 e. The molecule has 2 heteroatoms. The number of amides is 1. The first-order valence-electron chi connectivity index (χ1n) is 11.3. The minimum absolute atomic E-state index is 0.147. The molecule has 0 saturated heterocycles. The molecule has 1 atom stereocenters. The number of fused-ring (bicyclic) bond motifs is 2. The highest BCUT2D eigenvalue weighted by Crippen LogP contribution is 2.50. The molecule has 0 fully saturated rings. The second kappa shape index (κ2) is 7.63. The SMILES string of the molecule is CC1(c2ccccc2)CC(C)(C)N(C(=O)Cc2cccc3ccccc23)c2ccccc21. The van der Waals surface area contributed by atoms with Crippen LogP contribution in [0.1, 0.15) is 43.9 Å². The van der Waals surface area contributed by atoms with Crippen LogP contribution in [0.2, 0.25) is 0 Å². The van der Waals surface area contributed by atoms with E-state index in [0.717, 1.165) is 23.1 Å². The van der Waals surface area contributed by atoms with Crippen molar-refractivity contribution in [3.8, 4) is 0 Å². The van der Waals surface area contributed by atoms with Gasteiger partial charge in [-0.15, -0.1) is 0 Å². The van der Waals surface area contributed by atoms with Gasteiger partial charge in [-0.05, 0) is 53.8 Å². The Balaban J connectivity index is 1.59. The summed E-state index contributed by atoms with van der Waals surface area (Å²) in [5.74, 6) is 0.147. The Morgan fingerprint density at radius 3 is 2.25 bits per heavy atom. The van der Waals surface area contributed by atoms with Crippen molar-refractivity contribution < 1.29 is 4.79 Å². The van der Waals surface area contributed by atoms with Gasteiger partial charge in [0, 0.05) is 16.6 Å². The third-order valence-electron chi connectivity index (χ3n) is 7.01. The molecule has 2 nitrogen and oxygen atoms in total. The predicted molar refractivity (Wildman–Crippen MR) is 133 cm³/mol. The van der Waals surface area contributed by atoms with Gasteiger partial charge < -0.3 is 4.90 Å². The van der Waals surface area contributed by atoms with E-state index < -0.39 is 0 Å². The van der Waals surface area contributed by atoms with E-state index in [1.807, 2.05) is 24.3 Å². The number of hydrogen-bond donors (Lipinski definition) is 0. The molecule has 0 radical (unpaired) electrons. The zero-order valence-corrected chi connectivity index (χ0v) is 19.0. The van der Waals surface area contributed by atoms with Gasteiger partial charge in [0.25, 0.3) is 0 Å². The molecule has 0 aliphatic carbocycles. The molecule has 1 unspecified atom stereocenters. The van der Waals surface area contributed by atoms with Gasteiger partial charge in [0.05, 0.1) is 6.42 Å². The average Bonchev–Trinajstić information content (AvgIpc) is 2.79. The van der Waals surface area contributed by atoms with Crippen LogP contribution in [0.25, 0.3) is 10.8 Å². The molecule has 1 amide bonds. The Morgan fingerprint density at radius 2 is 1.44 bits per heavy atom. The van der Waals surface area contributed by atoms with Crippen molar-refractivity contribution in [3.05, 3.63) is 114 Å². The van der Waals surface area contributed by atoms with Gasteiger partial charge in [0.2, 0.25) is 5.91 Å². The lowest BCUT2D eigenvalue weighted by Gasteiger charge is -2.51. The smallest absolute Gasteiger partial charge is 0.231 e. The van der Waals surface area contributed by atoms with Gasteiger partial charge in [0.1, 0.15) is 0 Å². The lowest BCUT2D eigenvalue weighted by molar-refractivity contribution is -0.119. The van der Waals surface area contributed by atoms with Crippen LogP contribution in [0.15, 0.2) is 97.1 Å². The summed E-state index contributed by atoms with van der Waals surface area (Å²) in [7, 11) is 0. The van der Waals surface area contributed by atoms with Crippen LogP contribution in [0.5, 0.6) is 0 Å². The highest BCUT2D eigenvalue weighted by Gasteiger charge is 2.47. The molecule has 0 aromatic heterocycles. The van der Waals surface area contributed by atoms with E-state index in [1.165, 1.54) is 16.5 Å². The van der Waals surface area contributed by atoms with E-state index >= 15 is 0 Å². The Kier molecular flexibility index (Phi) is 4.89. The molecular formula is C30H29NO. The lowest BCUT2D eigenvalue weighted by atomic mass is 9.65. The summed E-state index contributed by atoms with van der Waals surface area (Å²) in [5.41, 5.74) is 4.15. The number of nitrogens with zero attached hydrogens (tertiary/aromatic N) is 1. The highest BCUT2D eigenvalue weighted by molar-refractivity contribution is 6.00. The average molecular weight is 420 g/mol. The molecule has 0 saturated carbocycles. The molecule has 0 N–H and O–H groups in total. The zero-order valence-electron chi connectivity index (χ0n) is 19.0. The summed E-state index contributed by atoms with van der Waals surface area (Å²) < 4.78 is 0. The molecule has 0 bridgehead atoms. The molecule has 160 valence electrons. The van der Waals surface area contributed by atoms with Crippen molar-refractivity contribution in [1.29, 1.82) is 0 Å². The quantitative estimate of drug-likeness (QED) is 0.353. The zero-order chi connectivity index (χ0) is 22.3. The summed E-state index contributed by atoms with van der Waals surface area (Å²) >= 11 is 0. The van der Waals surface area contributed by atoms with Crippen LogP contribution >= 0.6 is 0 Å². The fraction of sp³-hybridized carbons (Fsp3) is 0.233. The number of para-hydroxylation sites is 1. The first-order valence-corrected chi connectivity index (χ1v) is 11.3. The Hall–Kier alpha value is -3.39. The normalized spacial score (nSPS) is 19.5. The number of benzene rings is 4. The van der Waals surface area contributed by atoms with Crippen molar-refractivity contribution in [2.75, 3.05) is 4.90 Å². The van der Waals surface area contributed by atoms with Crippen LogP contribution in [-0.4, -0.2) is 11.4 Å². The monoisotopic (exact) mass is 419 g/mol. The molecule has 32 heavy (non-hydrogen) atoms. The van der Waals surface area contributed by atoms with Gasteiger partial charge in [-0.3, -0.25) is 4.79 Å². The van der Waals surface area contributed by atoms with Gasteiger partial charge in [0.15, 0.2) is 0 Å². The molecule has 1 aliphatic heterocycles. The molecule has 4 aromatic rings. The summed E-state index contributed by atoms with van der Waals surface area (Å²) in [6.45, 7) is 6.71. The minimum atomic E-state index is -0.319. The largest absolute Gasteiger partial charge is 0.306 e. The molecule has 5 rings (SSSR count). The van der Waals surface area contributed by atoms with Crippen molar-refractivity contribution >= 4 is 22.4 Å². The maximum absolute atomic E-state index is 13.9. The summed E-state index contributed by atoms with van der Waals surface area (Å²) in [4.78, 5) is 15.9. The van der Waals surface area contributed by atoms with E-state index in [9.17, 15) is 4.79 Å². The molecular weight excluding hydrogens is 390 g/mol. The number of hydrogen-bond acceptors (Lipinski definition) is 1. The van der Waals surface area contributed by atoms with E-state index in [4.69, 9.17) is 0 Å². The first kappa shape index (κ1) is 20.5. The van der Waals surface area contributed by atoms with E-state index in [-0.39, 0.29) is 16.9 Å². The number of carbonyl (C=O) groups is 1. The molecule has 0 spiro atoms. The topological polar surface area (TPSA) is 20.3 Å². The standard InChI is InChI=1S/C30H29NO/c1-29(2)21-30(3,24-15-5-4-6-16-24)26-18-9-10-19-27(26)31(29)28(32)20-23-14-11-13-22-12-7-8-17-25(22)23/h4-19H,20-21H2,1-3H3. The lowest BCUT2D eigenvalue weighted by Crippen LogP contribution is -2.56. The number of carbonyl (C=O) groups excluding carboxylic acids is 1. The van der Waals surface area contributed by atoms with Crippen molar-refractivity contribution in [1.82, 2.24) is 0 Å². The van der Waals surface area contributed by atoms with Crippen LogP contribution in [0.4, 0.5) is 5.69 Å². The summed E-state index contributed by atoms with van der Waals surface area (Å²) in [5, 5.41) is 2.33. The van der Waals surface area contributed by atoms with Crippen LogP contribution in [0.3, 0.4) is 0 Å². The minimum Gasteiger partial charge on any atom is -0.306 e. The van der Waals surface area contributed by atoms with E-state index in [2.05, 4.69) is 98.5 Å². The Labute approximate surface area is 190 Å². The van der Waals surface area contributed by atoms with Crippen molar-refractivity contribution in [3.63, 3.8) is 0 Å². The third-order valence-corrected chi connectivity index (χ3v) is 7.01. The first-order chi connectivity index (χ1) is 15.4. The second-order valence-corrected chi connectivity index (χ2v) is 9.75. The van der Waals surface area contributed by atoms with Crippen LogP contribution in [-0.2, 0) is 16.6 Å². The van der Waals surface area contributed by atoms with Crippen molar-refractivity contribution in [2.45, 2.75) is 44.6 Å². The summed E-state index contributed by atoms with van der Waals surface area (Å²) in [6.07, 6.45) is 1.25. The second-order valence-electron chi connectivity index (χ2n) is 9.75. The Bertz CT molecular complexity index is 1290. The summed E-state index contributed by atoms with van der Waals surface area (Å²) in [6, 6.07) is 33.7. The fourth-order valence-corrected chi connectivity index (χ4v) is 5.72. The number of rotatable bonds is 3. The highest BCUT2D eigenvalue weighted by atomic mass is 16.2.